The lowest BCUT2D eigenvalue weighted by atomic mass is 9.99. The lowest BCUT2D eigenvalue weighted by Crippen LogP contribution is -2.45. The van der Waals surface area contributed by atoms with Crippen LogP contribution < -0.4 is 10.1 Å². The van der Waals surface area contributed by atoms with Crippen LogP contribution in [0.3, 0.4) is 0 Å². The van der Waals surface area contributed by atoms with E-state index in [2.05, 4.69) is 5.32 Å². The van der Waals surface area contributed by atoms with Gasteiger partial charge in [0, 0.05) is 19.1 Å². The minimum absolute atomic E-state index is 0.0198. The van der Waals surface area contributed by atoms with Crippen molar-refractivity contribution in [3.05, 3.63) is 23.8 Å². The molecule has 1 saturated carbocycles. The maximum Gasteiger partial charge on any atom is 0.246 e. The first-order valence-electron chi connectivity index (χ1n) is 8.37. The van der Waals surface area contributed by atoms with Crippen LogP contribution >= 0.6 is 0 Å². The van der Waals surface area contributed by atoms with Crippen LogP contribution in [0.25, 0.3) is 0 Å². The van der Waals surface area contributed by atoms with Crippen molar-refractivity contribution in [3.8, 4) is 5.75 Å². The van der Waals surface area contributed by atoms with Gasteiger partial charge in [0.25, 0.3) is 0 Å². The molecule has 1 amide bonds. The van der Waals surface area contributed by atoms with E-state index in [1.54, 1.807) is 12.1 Å². The van der Waals surface area contributed by atoms with Crippen molar-refractivity contribution in [1.29, 1.82) is 0 Å². The van der Waals surface area contributed by atoms with Crippen molar-refractivity contribution in [1.82, 2.24) is 9.62 Å². The van der Waals surface area contributed by atoms with Gasteiger partial charge in [0.1, 0.15) is 10.6 Å². The summed E-state index contributed by atoms with van der Waals surface area (Å²) in [4.78, 5) is 12.5. The van der Waals surface area contributed by atoms with Crippen LogP contribution in [0.2, 0.25) is 0 Å². The number of sulfonamides is 1. The molecule has 1 aliphatic heterocycles. The third-order valence-electron chi connectivity index (χ3n) is 4.62. The van der Waals surface area contributed by atoms with Crippen LogP contribution in [0.5, 0.6) is 5.75 Å². The number of piperidine rings is 1. The van der Waals surface area contributed by atoms with Crippen molar-refractivity contribution in [3.63, 3.8) is 0 Å². The van der Waals surface area contributed by atoms with Gasteiger partial charge in [-0.1, -0.05) is 6.07 Å². The van der Waals surface area contributed by atoms with E-state index in [0.717, 1.165) is 24.8 Å². The molecule has 0 bridgehead atoms. The van der Waals surface area contributed by atoms with Crippen molar-refractivity contribution in [2.45, 2.75) is 43.5 Å². The number of ether oxygens (including phenoxy) is 1. The Morgan fingerprint density at radius 3 is 2.71 bits per heavy atom. The van der Waals surface area contributed by atoms with Crippen LogP contribution in [0.4, 0.5) is 0 Å². The fraction of sp³-hybridized carbons (Fsp3) is 0.588. The predicted molar refractivity (Wildman–Crippen MR) is 90.4 cm³/mol. The second-order valence-corrected chi connectivity index (χ2v) is 8.55. The molecule has 1 aliphatic carbocycles. The van der Waals surface area contributed by atoms with Crippen LogP contribution in [-0.4, -0.2) is 44.9 Å². The normalized spacial score (nSPS) is 22.2. The second-order valence-electron chi connectivity index (χ2n) is 6.64. The van der Waals surface area contributed by atoms with Crippen LogP contribution in [0.1, 0.15) is 31.2 Å². The monoisotopic (exact) mass is 352 g/mol. The van der Waals surface area contributed by atoms with Crippen molar-refractivity contribution in [2.75, 3.05) is 20.2 Å². The molecule has 0 spiro atoms. The number of carbonyl (C=O) groups excluding carboxylic acids is 1. The summed E-state index contributed by atoms with van der Waals surface area (Å²) >= 11 is 0. The third-order valence-corrected chi connectivity index (χ3v) is 6.50. The zero-order valence-corrected chi connectivity index (χ0v) is 14.9. The van der Waals surface area contributed by atoms with Crippen LogP contribution in [0, 0.1) is 12.8 Å². The summed E-state index contributed by atoms with van der Waals surface area (Å²) < 4.78 is 32.7. The number of methoxy groups -OCH3 is 1. The van der Waals surface area contributed by atoms with E-state index in [-0.39, 0.29) is 23.3 Å². The highest BCUT2D eigenvalue weighted by Gasteiger charge is 2.36. The van der Waals surface area contributed by atoms with E-state index in [0.29, 0.717) is 24.8 Å². The number of nitrogens with one attached hydrogen (secondary N) is 1. The van der Waals surface area contributed by atoms with Crippen molar-refractivity contribution in [2.24, 2.45) is 5.92 Å². The minimum Gasteiger partial charge on any atom is -0.495 e. The molecule has 1 saturated heterocycles. The van der Waals surface area contributed by atoms with E-state index in [4.69, 9.17) is 4.74 Å². The largest absolute Gasteiger partial charge is 0.495 e. The first-order valence-corrected chi connectivity index (χ1v) is 9.81. The summed E-state index contributed by atoms with van der Waals surface area (Å²) in [5.41, 5.74) is 0.856. The zero-order chi connectivity index (χ0) is 17.3. The topological polar surface area (TPSA) is 75.7 Å². The number of carbonyl (C=O) groups is 1. The first kappa shape index (κ1) is 17.2. The molecule has 1 aromatic carbocycles. The van der Waals surface area contributed by atoms with E-state index < -0.39 is 10.0 Å². The molecule has 0 radical (unpaired) electrons. The Morgan fingerprint density at radius 2 is 2.04 bits per heavy atom. The fourth-order valence-electron chi connectivity index (χ4n) is 3.05. The molecule has 3 rings (SSSR count). The number of nitrogens with zero attached hydrogens (tertiary/aromatic N) is 1. The molecule has 132 valence electrons. The molecule has 6 nitrogen and oxygen atoms in total. The first-order chi connectivity index (χ1) is 11.4. The minimum atomic E-state index is -3.68. The van der Waals surface area contributed by atoms with Crippen LogP contribution in [-0.2, 0) is 14.8 Å². The lowest BCUT2D eigenvalue weighted by molar-refractivity contribution is -0.126. The summed E-state index contributed by atoms with van der Waals surface area (Å²) in [6.45, 7) is 2.52. The highest BCUT2D eigenvalue weighted by molar-refractivity contribution is 7.89. The average Bonchev–Trinajstić information content (AvgIpc) is 3.39. The molecule has 24 heavy (non-hydrogen) atoms. The molecule has 1 atom stereocenters. The van der Waals surface area contributed by atoms with Gasteiger partial charge in [-0.05, 0) is 50.3 Å². The van der Waals surface area contributed by atoms with Gasteiger partial charge in [-0.3, -0.25) is 4.79 Å². The van der Waals surface area contributed by atoms with Gasteiger partial charge in [0.2, 0.25) is 15.9 Å². The molecule has 1 N–H and O–H groups in total. The van der Waals surface area contributed by atoms with E-state index in [9.17, 15) is 13.2 Å². The third kappa shape index (κ3) is 3.57. The molecule has 0 aromatic heterocycles. The summed E-state index contributed by atoms with van der Waals surface area (Å²) in [6.07, 6.45) is 3.48. The Morgan fingerprint density at radius 1 is 1.29 bits per heavy atom. The Balaban J connectivity index is 1.81. The Bertz CT molecular complexity index is 728. The van der Waals surface area contributed by atoms with Crippen molar-refractivity contribution >= 4 is 15.9 Å². The standard InChI is InChI=1S/C17H24N2O4S/c1-12-5-8-15(23-2)16(10-12)24(21,22)19-9-3-4-13(11-19)17(20)18-14-6-7-14/h5,8,10,13-14H,3-4,6-7,9,11H2,1-2H3,(H,18,20)/t13-/m1/s1. The Labute approximate surface area is 143 Å². The molecule has 2 aliphatic rings. The lowest BCUT2D eigenvalue weighted by Gasteiger charge is -2.31. The number of hydrogen-bond donors (Lipinski definition) is 1. The molecule has 1 aromatic rings. The highest BCUT2D eigenvalue weighted by Crippen LogP contribution is 2.31. The van der Waals surface area contributed by atoms with E-state index in [1.807, 2.05) is 13.0 Å². The number of rotatable bonds is 5. The van der Waals surface area contributed by atoms with Gasteiger partial charge >= 0.3 is 0 Å². The maximum atomic E-state index is 13.0. The number of benzene rings is 1. The average molecular weight is 352 g/mol. The number of amides is 1. The van der Waals surface area contributed by atoms with Crippen LogP contribution in [0.15, 0.2) is 23.1 Å². The quantitative estimate of drug-likeness (QED) is 0.875. The summed E-state index contributed by atoms with van der Waals surface area (Å²) in [5.74, 6) is 0.0451. The maximum absolute atomic E-state index is 13.0. The molecule has 2 fully saturated rings. The summed E-state index contributed by atoms with van der Waals surface area (Å²) in [6, 6.07) is 5.41. The summed E-state index contributed by atoms with van der Waals surface area (Å²) in [5, 5.41) is 2.98. The number of hydrogen-bond acceptors (Lipinski definition) is 4. The van der Waals surface area contributed by atoms with Gasteiger partial charge < -0.3 is 10.1 Å². The molecular formula is C17H24N2O4S. The molecule has 0 unspecified atom stereocenters. The number of aryl methyl sites for hydroxylation is 1. The molecule has 7 heteroatoms. The predicted octanol–water partition coefficient (Wildman–Crippen LogP) is 1.68. The molecular weight excluding hydrogens is 328 g/mol. The van der Waals surface area contributed by atoms with Gasteiger partial charge in [-0.2, -0.15) is 4.31 Å². The van der Waals surface area contributed by atoms with Gasteiger partial charge in [0.15, 0.2) is 0 Å². The smallest absolute Gasteiger partial charge is 0.246 e. The second kappa shape index (κ2) is 6.72. The highest BCUT2D eigenvalue weighted by atomic mass is 32.2. The van der Waals surface area contributed by atoms with E-state index >= 15 is 0 Å². The SMILES string of the molecule is COc1ccc(C)cc1S(=O)(=O)N1CCC[C@@H](C(=O)NC2CC2)C1. The van der Waals surface area contributed by atoms with Gasteiger partial charge in [-0.25, -0.2) is 8.42 Å². The fourth-order valence-corrected chi connectivity index (χ4v) is 4.81. The van der Waals surface area contributed by atoms with Gasteiger partial charge in [0.05, 0.1) is 13.0 Å². The Kier molecular flexibility index (Phi) is 4.83. The Hall–Kier alpha value is -1.60. The van der Waals surface area contributed by atoms with Gasteiger partial charge in [-0.15, -0.1) is 0 Å². The van der Waals surface area contributed by atoms with E-state index in [1.165, 1.54) is 11.4 Å². The van der Waals surface area contributed by atoms with Crippen molar-refractivity contribution < 1.29 is 17.9 Å². The molecule has 1 heterocycles. The zero-order valence-electron chi connectivity index (χ0n) is 14.1. The summed E-state index contributed by atoms with van der Waals surface area (Å²) in [7, 11) is -2.21.